The first-order chi connectivity index (χ1) is 13.0. The van der Waals surface area contributed by atoms with Gasteiger partial charge in [0.25, 0.3) is 0 Å². The summed E-state index contributed by atoms with van der Waals surface area (Å²) in [6.45, 7) is 1.89. The van der Waals surface area contributed by atoms with E-state index in [1.807, 2.05) is 0 Å². The standard InChI is InChI=1S/C21H27NO5/c1-14(23)15-8-10-17(11-9-15)27-12-4-7-20(24)22-18-6-3-2-5-16(18)13-19(22)21(25)26/h8-11,16,18-19H,2-7,12-13H2,1H3,(H,25,26). The minimum atomic E-state index is -0.889. The number of hydrogen-bond acceptors (Lipinski definition) is 4. The Morgan fingerprint density at radius 1 is 1.15 bits per heavy atom. The number of aliphatic carboxylic acids is 1. The SMILES string of the molecule is CC(=O)c1ccc(OCCCC(=O)N2C(C(=O)O)CC3CCCCC32)cc1. The summed E-state index contributed by atoms with van der Waals surface area (Å²) in [5, 5.41) is 9.52. The molecule has 0 aromatic heterocycles. The Kier molecular flexibility index (Phi) is 6.14. The van der Waals surface area contributed by atoms with Crippen molar-refractivity contribution in [2.75, 3.05) is 6.61 Å². The zero-order chi connectivity index (χ0) is 19.4. The molecule has 27 heavy (non-hydrogen) atoms. The third-order valence-corrected chi connectivity index (χ3v) is 5.73. The summed E-state index contributed by atoms with van der Waals surface area (Å²) in [5.74, 6) is 0.0304. The third-order valence-electron chi connectivity index (χ3n) is 5.73. The van der Waals surface area contributed by atoms with Gasteiger partial charge in [-0.2, -0.15) is 0 Å². The van der Waals surface area contributed by atoms with Gasteiger partial charge in [0, 0.05) is 18.0 Å². The fourth-order valence-corrected chi connectivity index (χ4v) is 4.37. The second-order valence-electron chi connectivity index (χ2n) is 7.54. The van der Waals surface area contributed by atoms with Gasteiger partial charge in [0.1, 0.15) is 11.8 Å². The van der Waals surface area contributed by atoms with Crippen molar-refractivity contribution in [2.45, 2.75) is 64.0 Å². The van der Waals surface area contributed by atoms with Crippen LogP contribution in [0.5, 0.6) is 5.75 Å². The number of rotatable bonds is 7. The highest BCUT2D eigenvalue weighted by Crippen LogP contribution is 2.40. The van der Waals surface area contributed by atoms with Gasteiger partial charge in [0.15, 0.2) is 5.78 Å². The van der Waals surface area contributed by atoms with Crippen molar-refractivity contribution in [3.05, 3.63) is 29.8 Å². The zero-order valence-corrected chi connectivity index (χ0v) is 15.7. The number of carbonyl (C=O) groups excluding carboxylic acids is 2. The van der Waals surface area contributed by atoms with E-state index in [1.165, 1.54) is 6.92 Å². The number of likely N-dealkylation sites (tertiary alicyclic amines) is 1. The molecule has 1 amide bonds. The molecule has 3 atom stereocenters. The number of ether oxygens (including phenoxy) is 1. The molecule has 6 nitrogen and oxygen atoms in total. The first kappa shape index (κ1) is 19.4. The molecule has 2 fully saturated rings. The molecule has 1 saturated heterocycles. The molecule has 146 valence electrons. The molecule has 0 radical (unpaired) electrons. The van der Waals surface area contributed by atoms with E-state index in [4.69, 9.17) is 4.74 Å². The van der Waals surface area contributed by atoms with E-state index < -0.39 is 12.0 Å². The fraction of sp³-hybridized carbons (Fsp3) is 0.571. The number of ketones is 1. The first-order valence-electron chi connectivity index (χ1n) is 9.75. The lowest BCUT2D eigenvalue weighted by Crippen LogP contribution is -2.46. The average Bonchev–Trinajstić information content (AvgIpc) is 3.05. The van der Waals surface area contributed by atoms with Crippen molar-refractivity contribution in [1.82, 2.24) is 4.90 Å². The lowest BCUT2D eigenvalue weighted by atomic mass is 9.84. The van der Waals surface area contributed by atoms with Crippen LogP contribution in [0.1, 0.15) is 62.2 Å². The Labute approximate surface area is 159 Å². The van der Waals surface area contributed by atoms with Crippen LogP contribution in [0.15, 0.2) is 24.3 Å². The van der Waals surface area contributed by atoms with Gasteiger partial charge < -0.3 is 14.7 Å². The number of carbonyl (C=O) groups is 3. The maximum atomic E-state index is 12.7. The van der Waals surface area contributed by atoms with Crippen LogP contribution in [0.2, 0.25) is 0 Å². The quantitative estimate of drug-likeness (QED) is 0.586. The minimum absolute atomic E-state index is 0.00626. The van der Waals surface area contributed by atoms with E-state index in [2.05, 4.69) is 0 Å². The van der Waals surface area contributed by atoms with Crippen LogP contribution in [0.3, 0.4) is 0 Å². The van der Waals surface area contributed by atoms with Gasteiger partial charge in [-0.1, -0.05) is 12.8 Å². The van der Waals surface area contributed by atoms with Gasteiger partial charge in [-0.15, -0.1) is 0 Å². The second-order valence-corrected chi connectivity index (χ2v) is 7.54. The molecule has 1 aliphatic heterocycles. The van der Waals surface area contributed by atoms with E-state index in [9.17, 15) is 19.5 Å². The van der Waals surface area contributed by atoms with Crippen molar-refractivity contribution >= 4 is 17.7 Å². The van der Waals surface area contributed by atoms with Gasteiger partial charge in [-0.3, -0.25) is 9.59 Å². The maximum absolute atomic E-state index is 12.7. The molecule has 1 N–H and O–H groups in total. The van der Waals surface area contributed by atoms with Crippen molar-refractivity contribution in [3.8, 4) is 5.75 Å². The Morgan fingerprint density at radius 2 is 1.85 bits per heavy atom. The summed E-state index contributed by atoms with van der Waals surface area (Å²) in [4.78, 5) is 37.2. The summed E-state index contributed by atoms with van der Waals surface area (Å²) in [7, 11) is 0. The van der Waals surface area contributed by atoms with Gasteiger partial charge in [0.05, 0.1) is 6.61 Å². The average molecular weight is 373 g/mol. The molecule has 1 heterocycles. The third kappa shape index (κ3) is 4.49. The summed E-state index contributed by atoms with van der Waals surface area (Å²) in [5.41, 5.74) is 0.633. The number of Topliss-reactive ketones (excluding diaryl/α,β-unsaturated/α-hetero) is 1. The smallest absolute Gasteiger partial charge is 0.326 e. The summed E-state index contributed by atoms with van der Waals surface area (Å²) in [6, 6.07) is 6.33. The van der Waals surface area contributed by atoms with Crippen LogP contribution >= 0.6 is 0 Å². The molecule has 6 heteroatoms. The molecule has 0 bridgehead atoms. The van der Waals surface area contributed by atoms with Gasteiger partial charge >= 0.3 is 5.97 Å². The molecular weight excluding hydrogens is 346 g/mol. The molecule has 3 unspecified atom stereocenters. The van der Waals surface area contributed by atoms with Crippen LogP contribution in [0, 0.1) is 5.92 Å². The molecule has 3 rings (SSSR count). The van der Waals surface area contributed by atoms with E-state index in [0.29, 0.717) is 43.1 Å². The van der Waals surface area contributed by atoms with Gasteiger partial charge in [-0.25, -0.2) is 4.79 Å². The monoisotopic (exact) mass is 373 g/mol. The van der Waals surface area contributed by atoms with Crippen molar-refractivity contribution in [1.29, 1.82) is 0 Å². The lowest BCUT2D eigenvalue weighted by Gasteiger charge is -2.33. The highest BCUT2D eigenvalue weighted by Gasteiger charge is 2.47. The number of carboxylic acid groups (broad SMARTS) is 1. The molecule has 1 saturated carbocycles. The Morgan fingerprint density at radius 3 is 2.52 bits per heavy atom. The van der Waals surface area contributed by atoms with Crippen LogP contribution in [0.4, 0.5) is 0 Å². The van der Waals surface area contributed by atoms with E-state index in [1.54, 1.807) is 29.2 Å². The summed E-state index contributed by atoms with van der Waals surface area (Å²) in [6.07, 6.45) is 5.55. The predicted molar refractivity (Wildman–Crippen MR) is 99.8 cm³/mol. The van der Waals surface area contributed by atoms with Crippen LogP contribution < -0.4 is 4.74 Å². The van der Waals surface area contributed by atoms with Gasteiger partial charge in [-0.05, 0) is 62.8 Å². The number of nitrogens with zero attached hydrogens (tertiary/aromatic N) is 1. The van der Waals surface area contributed by atoms with Gasteiger partial charge in [0.2, 0.25) is 5.91 Å². The normalized spacial score (nSPS) is 24.3. The Hall–Kier alpha value is -2.37. The molecule has 0 spiro atoms. The predicted octanol–water partition coefficient (Wildman–Crippen LogP) is 3.29. The number of benzene rings is 1. The first-order valence-corrected chi connectivity index (χ1v) is 9.75. The topological polar surface area (TPSA) is 83.9 Å². The number of hydrogen-bond donors (Lipinski definition) is 1. The van der Waals surface area contributed by atoms with Crippen molar-refractivity contribution in [2.24, 2.45) is 5.92 Å². The van der Waals surface area contributed by atoms with Crippen LogP contribution in [-0.4, -0.2) is 46.4 Å². The Balaban J connectivity index is 1.50. The van der Waals surface area contributed by atoms with Crippen LogP contribution in [-0.2, 0) is 9.59 Å². The molecular formula is C21H27NO5. The van der Waals surface area contributed by atoms with Crippen LogP contribution in [0.25, 0.3) is 0 Å². The lowest BCUT2D eigenvalue weighted by molar-refractivity contribution is -0.150. The molecule has 1 aromatic carbocycles. The van der Waals surface area contributed by atoms with Crippen molar-refractivity contribution in [3.63, 3.8) is 0 Å². The molecule has 1 aromatic rings. The van der Waals surface area contributed by atoms with Crippen molar-refractivity contribution < 1.29 is 24.2 Å². The summed E-state index contributed by atoms with van der Waals surface area (Å²) < 4.78 is 5.64. The minimum Gasteiger partial charge on any atom is -0.494 e. The highest BCUT2D eigenvalue weighted by molar-refractivity contribution is 5.94. The second kappa shape index (κ2) is 8.55. The molecule has 2 aliphatic rings. The number of fused-ring (bicyclic) bond motifs is 1. The summed E-state index contributed by atoms with van der Waals surface area (Å²) >= 11 is 0. The number of carboxylic acids is 1. The van der Waals surface area contributed by atoms with E-state index >= 15 is 0 Å². The van der Waals surface area contributed by atoms with E-state index in [0.717, 1.165) is 25.7 Å². The number of amides is 1. The fourth-order valence-electron chi connectivity index (χ4n) is 4.37. The maximum Gasteiger partial charge on any atom is 0.326 e. The molecule has 1 aliphatic carbocycles. The zero-order valence-electron chi connectivity index (χ0n) is 15.7. The van der Waals surface area contributed by atoms with E-state index in [-0.39, 0.29) is 17.7 Å². The highest BCUT2D eigenvalue weighted by atomic mass is 16.5. The Bertz CT molecular complexity index is 699. The largest absolute Gasteiger partial charge is 0.494 e.